The molecule has 0 spiro atoms. The van der Waals surface area contributed by atoms with Gasteiger partial charge in [-0.3, -0.25) is 4.79 Å². The second-order valence-corrected chi connectivity index (χ2v) is 7.35. The topological polar surface area (TPSA) is 101 Å². The lowest BCUT2D eigenvalue weighted by Gasteiger charge is -2.11. The number of anilines is 1. The Morgan fingerprint density at radius 1 is 1.24 bits per heavy atom. The highest BCUT2D eigenvalue weighted by Gasteiger charge is 2.21. The second-order valence-electron chi connectivity index (χ2n) is 6.06. The Morgan fingerprint density at radius 3 is 2.72 bits per heavy atom. The number of halogens is 1. The van der Waals surface area contributed by atoms with Crippen molar-refractivity contribution in [3.63, 3.8) is 0 Å². The van der Waals surface area contributed by atoms with Gasteiger partial charge < -0.3 is 14.5 Å². The van der Waals surface area contributed by atoms with Gasteiger partial charge in [0.25, 0.3) is 11.1 Å². The van der Waals surface area contributed by atoms with E-state index in [4.69, 9.17) is 14.4 Å². The predicted octanol–water partition coefficient (Wildman–Crippen LogP) is 4.34. The molecule has 3 aromatic rings. The van der Waals surface area contributed by atoms with Crippen LogP contribution in [-0.2, 0) is 4.79 Å². The molecule has 0 unspecified atom stereocenters. The Bertz CT molecular complexity index is 1030. The van der Waals surface area contributed by atoms with Crippen molar-refractivity contribution in [1.29, 1.82) is 5.26 Å². The van der Waals surface area contributed by atoms with Gasteiger partial charge in [-0.25, -0.2) is 4.39 Å². The van der Waals surface area contributed by atoms with Gasteiger partial charge in [0.1, 0.15) is 11.6 Å². The fraction of sp³-hybridized carbons (Fsp3) is 0.200. The van der Waals surface area contributed by atoms with Crippen LogP contribution in [0.25, 0.3) is 0 Å². The molecule has 148 valence electrons. The van der Waals surface area contributed by atoms with E-state index in [-0.39, 0.29) is 22.8 Å². The van der Waals surface area contributed by atoms with Crippen molar-refractivity contribution in [2.24, 2.45) is 0 Å². The summed E-state index contributed by atoms with van der Waals surface area (Å²) in [7, 11) is 0. The number of ether oxygens (including phenoxy) is 1. The number of nitriles is 1. The summed E-state index contributed by atoms with van der Waals surface area (Å²) in [5.74, 6) is 0.0957. The molecular weight excluding hydrogens is 395 g/mol. The number of carbonyl (C=O) groups is 1. The normalized spacial score (nSPS) is 12.6. The van der Waals surface area contributed by atoms with E-state index in [2.05, 4.69) is 15.5 Å². The summed E-state index contributed by atoms with van der Waals surface area (Å²) >= 11 is 1.10. The lowest BCUT2D eigenvalue weighted by molar-refractivity contribution is -0.115. The number of nitrogens with one attached hydrogen (secondary N) is 1. The van der Waals surface area contributed by atoms with Crippen LogP contribution in [0, 0.1) is 17.1 Å². The number of thioether (sulfide) groups is 1. The van der Waals surface area contributed by atoms with E-state index in [1.54, 1.807) is 38.1 Å². The molecule has 0 aliphatic rings. The number of carbonyl (C=O) groups excluding carboxylic acids is 1. The molecular formula is C20H17FN4O3S. The minimum absolute atomic E-state index is 0.225. The van der Waals surface area contributed by atoms with Crippen molar-refractivity contribution in [1.82, 2.24) is 10.2 Å². The second kappa shape index (κ2) is 9.21. The Morgan fingerprint density at radius 2 is 2.00 bits per heavy atom. The predicted molar refractivity (Wildman–Crippen MR) is 105 cm³/mol. The van der Waals surface area contributed by atoms with Crippen LogP contribution in [-0.4, -0.2) is 21.4 Å². The largest absolute Gasteiger partial charge is 0.481 e. The summed E-state index contributed by atoms with van der Waals surface area (Å²) in [6.45, 7) is 3.43. The summed E-state index contributed by atoms with van der Waals surface area (Å²) in [6.07, 6.45) is -0.542. The maximum absolute atomic E-state index is 13.0. The number of benzene rings is 2. The van der Waals surface area contributed by atoms with E-state index in [9.17, 15) is 9.18 Å². The molecule has 1 aromatic heterocycles. The Labute approximate surface area is 170 Å². The van der Waals surface area contributed by atoms with Gasteiger partial charge in [0.15, 0.2) is 6.10 Å². The third-order valence-electron chi connectivity index (χ3n) is 3.80. The highest BCUT2D eigenvalue weighted by atomic mass is 32.2. The van der Waals surface area contributed by atoms with E-state index in [1.807, 2.05) is 6.07 Å². The van der Waals surface area contributed by atoms with Crippen molar-refractivity contribution in [2.45, 2.75) is 30.4 Å². The molecule has 7 nitrogen and oxygen atoms in total. The van der Waals surface area contributed by atoms with Crippen LogP contribution in [0.4, 0.5) is 10.1 Å². The van der Waals surface area contributed by atoms with Crippen molar-refractivity contribution in [3.05, 3.63) is 65.8 Å². The van der Waals surface area contributed by atoms with Gasteiger partial charge in [0.2, 0.25) is 5.91 Å². The number of rotatable bonds is 7. The molecule has 0 aliphatic carbocycles. The number of hydrogen-bond donors (Lipinski definition) is 1. The lowest BCUT2D eigenvalue weighted by Crippen LogP contribution is -2.22. The molecule has 0 aliphatic heterocycles. The van der Waals surface area contributed by atoms with Gasteiger partial charge in [0, 0.05) is 5.69 Å². The SMILES string of the molecule is C[C@H](Sc1nnc([C@H](C)Oc2ccc(F)cc2)o1)C(=O)Nc1cccc(C#N)c1. The first kappa shape index (κ1) is 20.4. The average Bonchev–Trinajstić information content (AvgIpc) is 3.18. The van der Waals surface area contributed by atoms with Crippen LogP contribution in [0.5, 0.6) is 5.75 Å². The molecule has 29 heavy (non-hydrogen) atoms. The molecule has 2 aromatic carbocycles. The molecule has 0 fully saturated rings. The molecule has 3 rings (SSSR count). The number of amides is 1. The first-order valence-electron chi connectivity index (χ1n) is 8.68. The molecule has 2 atom stereocenters. The number of aromatic nitrogens is 2. The zero-order valence-corrected chi connectivity index (χ0v) is 16.4. The highest BCUT2D eigenvalue weighted by molar-refractivity contribution is 8.00. The third kappa shape index (κ3) is 5.56. The van der Waals surface area contributed by atoms with Crippen LogP contribution in [0.15, 0.2) is 58.2 Å². The maximum atomic E-state index is 13.0. The Hall–Kier alpha value is -3.38. The van der Waals surface area contributed by atoms with Crippen LogP contribution < -0.4 is 10.1 Å². The average molecular weight is 412 g/mol. The van der Waals surface area contributed by atoms with E-state index in [1.165, 1.54) is 24.3 Å². The fourth-order valence-corrected chi connectivity index (χ4v) is 3.01. The summed E-state index contributed by atoms with van der Waals surface area (Å²) < 4.78 is 24.2. The zero-order valence-electron chi connectivity index (χ0n) is 15.6. The van der Waals surface area contributed by atoms with Gasteiger partial charge >= 0.3 is 0 Å². The van der Waals surface area contributed by atoms with Gasteiger partial charge in [-0.05, 0) is 56.3 Å². The quantitative estimate of drug-likeness (QED) is 0.576. The summed E-state index contributed by atoms with van der Waals surface area (Å²) in [6, 6.07) is 14.3. The molecule has 1 heterocycles. The van der Waals surface area contributed by atoms with Crippen molar-refractivity contribution < 1.29 is 18.3 Å². The van der Waals surface area contributed by atoms with Crippen molar-refractivity contribution in [3.8, 4) is 11.8 Å². The standard InChI is InChI=1S/C20H17FN4O3S/c1-12(27-17-8-6-15(21)7-9-17)19-24-25-20(28-19)29-13(2)18(26)23-16-5-3-4-14(10-16)11-22/h3-10,12-13H,1-2H3,(H,23,26)/t12-,13-/m0/s1. The van der Waals surface area contributed by atoms with Crippen LogP contribution >= 0.6 is 11.8 Å². The van der Waals surface area contributed by atoms with Gasteiger partial charge in [-0.2, -0.15) is 5.26 Å². The molecule has 1 N–H and O–H groups in total. The van der Waals surface area contributed by atoms with E-state index < -0.39 is 11.4 Å². The lowest BCUT2D eigenvalue weighted by atomic mass is 10.2. The Balaban J connectivity index is 1.57. The van der Waals surface area contributed by atoms with Gasteiger partial charge in [0.05, 0.1) is 16.9 Å². The monoisotopic (exact) mass is 412 g/mol. The highest BCUT2D eigenvalue weighted by Crippen LogP contribution is 2.27. The molecule has 0 bridgehead atoms. The first-order chi connectivity index (χ1) is 13.9. The van der Waals surface area contributed by atoms with Crippen LogP contribution in [0.3, 0.4) is 0 Å². The summed E-state index contributed by atoms with van der Waals surface area (Å²) in [5, 5.41) is 19.3. The third-order valence-corrected chi connectivity index (χ3v) is 4.74. The molecule has 0 radical (unpaired) electrons. The van der Waals surface area contributed by atoms with Crippen LogP contribution in [0.2, 0.25) is 0 Å². The van der Waals surface area contributed by atoms with E-state index in [0.29, 0.717) is 17.0 Å². The zero-order chi connectivity index (χ0) is 20.8. The first-order valence-corrected chi connectivity index (χ1v) is 9.56. The number of hydrogen-bond acceptors (Lipinski definition) is 7. The van der Waals surface area contributed by atoms with Crippen LogP contribution in [0.1, 0.15) is 31.4 Å². The smallest absolute Gasteiger partial charge is 0.277 e. The van der Waals surface area contributed by atoms with Crippen molar-refractivity contribution in [2.75, 3.05) is 5.32 Å². The Kier molecular flexibility index (Phi) is 6.46. The summed E-state index contributed by atoms with van der Waals surface area (Å²) in [4.78, 5) is 12.4. The fourth-order valence-electron chi connectivity index (χ4n) is 2.32. The van der Waals surface area contributed by atoms with Crippen molar-refractivity contribution >= 4 is 23.4 Å². The molecule has 1 amide bonds. The van der Waals surface area contributed by atoms with Gasteiger partial charge in [-0.1, -0.05) is 17.8 Å². The molecule has 9 heteroatoms. The molecule has 0 saturated carbocycles. The molecule has 0 saturated heterocycles. The number of nitrogens with zero attached hydrogens (tertiary/aromatic N) is 3. The minimum Gasteiger partial charge on any atom is -0.481 e. The minimum atomic E-state index is -0.542. The summed E-state index contributed by atoms with van der Waals surface area (Å²) in [5.41, 5.74) is 0.994. The van der Waals surface area contributed by atoms with E-state index >= 15 is 0 Å². The van der Waals surface area contributed by atoms with E-state index in [0.717, 1.165) is 11.8 Å². The maximum Gasteiger partial charge on any atom is 0.277 e. The van der Waals surface area contributed by atoms with Gasteiger partial charge in [-0.15, -0.1) is 10.2 Å².